The molecule has 0 aliphatic rings. The maximum absolute atomic E-state index is 10.8. The number of aromatic carboxylic acids is 1. The molecule has 2 N–H and O–H groups in total. The Kier molecular flexibility index (Phi) is 5.91. The van der Waals surface area contributed by atoms with Crippen LogP contribution in [0.15, 0.2) is 18.2 Å². The van der Waals surface area contributed by atoms with Gasteiger partial charge in [0.2, 0.25) is 0 Å². The van der Waals surface area contributed by atoms with Gasteiger partial charge in [-0.1, -0.05) is 0 Å². The Morgan fingerprint density at radius 3 is 2.76 bits per heavy atom. The number of hydrogen-bond donors (Lipinski definition) is 2. The van der Waals surface area contributed by atoms with Gasteiger partial charge in [0.1, 0.15) is 0 Å². The van der Waals surface area contributed by atoms with Crippen LogP contribution in [0.4, 0.5) is 5.69 Å². The summed E-state index contributed by atoms with van der Waals surface area (Å²) in [6.45, 7) is 2.76. The number of thioether (sulfide) groups is 1. The van der Waals surface area contributed by atoms with Crippen LogP contribution >= 0.6 is 11.8 Å². The van der Waals surface area contributed by atoms with Gasteiger partial charge in [-0.2, -0.15) is 11.8 Å². The first-order valence-electron chi connectivity index (χ1n) is 5.72. The second kappa shape index (κ2) is 7.22. The largest absolute Gasteiger partial charge is 0.478 e. The molecule has 0 amide bonds. The number of carboxylic acids is 1. The Labute approximate surface area is 107 Å². The molecule has 0 bridgehead atoms. The van der Waals surface area contributed by atoms with Crippen molar-refractivity contribution in [3.05, 3.63) is 29.3 Å². The van der Waals surface area contributed by atoms with Crippen molar-refractivity contribution in [2.75, 3.05) is 23.9 Å². The molecular formula is C13H19NO2S. The van der Waals surface area contributed by atoms with Gasteiger partial charge in [-0.15, -0.1) is 0 Å². The third kappa shape index (κ3) is 4.69. The highest BCUT2D eigenvalue weighted by Crippen LogP contribution is 2.15. The van der Waals surface area contributed by atoms with Crippen LogP contribution in [0.1, 0.15) is 28.8 Å². The molecule has 0 atom stereocenters. The number of anilines is 1. The van der Waals surface area contributed by atoms with Gasteiger partial charge in [0.25, 0.3) is 0 Å². The van der Waals surface area contributed by atoms with E-state index in [1.165, 1.54) is 12.2 Å². The predicted octanol–water partition coefficient (Wildman–Crippen LogP) is 3.25. The Morgan fingerprint density at radius 2 is 2.18 bits per heavy atom. The number of aryl methyl sites for hydroxylation is 1. The standard InChI is InChI=1S/C13H19NO2S/c1-10-9-11(5-6-12(10)13(15)16)14-7-3-4-8-17-2/h5-6,9,14H,3-4,7-8H2,1-2H3,(H,15,16). The molecule has 0 saturated heterocycles. The van der Waals surface area contributed by atoms with E-state index in [0.717, 1.165) is 24.2 Å². The fraction of sp³-hybridized carbons (Fsp3) is 0.462. The number of rotatable bonds is 7. The van der Waals surface area contributed by atoms with Gasteiger partial charge in [0.15, 0.2) is 0 Å². The maximum Gasteiger partial charge on any atom is 0.335 e. The highest BCUT2D eigenvalue weighted by atomic mass is 32.2. The summed E-state index contributed by atoms with van der Waals surface area (Å²) in [5, 5.41) is 12.2. The van der Waals surface area contributed by atoms with Crippen molar-refractivity contribution in [1.82, 2.24) is 0 Å². The molecule has 1 rings (SSSR count). The SMILES string of the molecule is CSCCCCNc1ccc(C(=O)O)c(C)c1. The van der Waals surface area contributed by atoms with Crippen LogP contribution in [0.25, 0.3) is 0 Å². The first-order chi connectivity index (χ1) is 8.15. The van der Waals surface area contributed by atoms with E-state index >= 15 is 0 Å². The smallest absolute Gasteiger partial charge is 0.335 e. The molecule has 0 radical (unpaired) electrons. The van der Waals surface area contributed by atoms with E-state index in [1.54, 1.807) is 6.07 Å². The molecule has 0 aromatic heterocycles. The van der Waals surface area contributed by atoms with Crippen molar-refractivity contribution in [3.8, 4) is 0 Å². The summed E-state index contributed by atoms with van der Waals surface area (Å²) in [6, 6.07) is 5.37. The van der Waals surface area contributed by atoms with Crippen LogP contribution in [-0.4, -0.2) is 29.6 Å². The summed E-state index contributed by atoms with van der Waals surface area (Å²) < 4.78 is 0. The molecule has 0 heterocycles. The van der Waals surface area contributed by atoms with Gasteiger partial charge in [-0.25, -0.2) is 4.79 Å². The summed E-state index contributed by atoms with van der Waals surface area (Å²) in [7, 11) is 0. The molecular weight excluding hydrogens is 234 g/mol. The average Bonchev–Trinajstić information content (AvgIpc) is 2.28. The Hall–Kier alpha value is -1.16. The van der Waals surface area contributed by atoms with Crippen molar-refractivity contribution in [2.45, 2.75) is 19.8 Å². The van der Waals surface area contributed by atoms with Crippen LogP contribution in [0.5, 0.6) is 0 Å². The first kappa shape index (κ1) is 13.9. The van der Waals surface area contributed by atoms with Gasteiger partial charge in [0, 0.05) is 12.2 Å². The molecule has 0 aliphatic heterocycles. The summed E-state index contributed by atoms with van der Waals surface area (Å²) >= 11 is 1.86. The number of hydrogen-bond acceptors (Lipinski definition) is 3. The van der Waals surface area contributed by atoms with Gasteiger partial charge in [-0.05, 0) is 55.5 Å². The normalized spacial score (nSPS) is 10.2. The topological polar surface area (TPSA) is 49.3 Å². The minimum absolute atomic E-state index is 0.373. The Morgan fingerprint density at radius 1 is 1.41 bits per heavy atom. The molecule has 0 saturated carbocycles. The van der Waals surface area contributed by atoms with Crippen molar-refractivity contribution < 1.29 is 9.90 Å². The predicted molar refractivity (Wildman–Crippen MR) is 74.2 cm³/mol. The summed E-state index contributed by atoms with van der Waals surface area (Å²) in [5.41, 5.74) is 2.17. The van der Waals surface area contributed by atoms with E-state index in [4.69, 9.17) is 5.11 Å². The lowest BCUT2D eigenvalue weighted by Gasteiger charge is -2.08. The third-order valence-corrected chi connectivity index (χ3v) is 3.26. The summed E-state index contributed by atoms with van der Waals surface area (Å²) in [6.07, 6.45) is 4.46. The zero-order chi connectivity index (χ0) is 12.7. The molecule has 1 aromatic carbocycles. The van der Waals surface area contributed by atoms with E-state index in [0.29, 0.717) is 5.56 Å². The second-order valence-electron chi connectivity index (χ2n) is 3.96. The number of nitrogens with one attached hydrogen (secondary N) is 1. The van der Waals surface area contributed by atoms with Crippen molar-refractivity contribution in [1.29, 1.82) is 0 Å². The fourth-order valence-corrected chi connectivity index (χ4v) is 2.11. The van der Waals surface area contributed by atoms with Crippen molar-refractivity contribution in [2.24, 2.45) is 0 Å². The number of benzene rings is 1. The minimum Gasteiger partial charge on any atom is -0.478 e. The van der Waals surface area contributed by atoms with Gasteiger partial charge >= 0.3 is 5.97 Å². The summed E-state index contributed by atoms with van der Waals surface area (Å²) in [5.74, 6) is 0.326. The lowest BCUT2D eigenvalue weighted by molar-refractivity contribution is 0.0696. The van der Waals surface area contributed by atoms with E-state index in [-0.39, 0.29) is 0 Å². The maximum atomic E-state index is 10.8. The zero-order valence-corrected chi connectivity index (χ0v) is 11.1. The number of carbonyl (C=O) groups is 1. The zero-order valence-electron chi connectivity index (χ0n) is 10.3. The highest BCUT2D eigenvalue weighted by Gasteiger charge is 2.06. The molecule has 17 heavy (non-hydrogen) atoms. The van der Waals surface area contributed by atoms with Crippen LogP contribution < -0.4 is 5.32 Å². The van der Waals surface area contributed by atoms with Gasteiger partial charge < -0.3 is 10.4 Å². The molecule has 0 fully saturated rings. The lowest BCUT2D eigenvalue weighted by Crippen LogP contribution is -2.04. The van der Waals surface area contributed by atoms with E-state index in [2.05, 4.69) is 11.6 Å². The average molecular weight is 253 g/mol. The van der Waals surface area contributed by atoms with E-state index in [9.17, 15) is 4.79 Å². The number of carboxylic acid groups (broad SMARTS) is 1. The quantitative estimate of drug-likeness (QED) is 0.732. The Balaban J connectivity index is 2.45. The molecule has 0 aliphatic carbocycles. The van der Waals surface area contributed by atoms with Crippen molar-refractivity contribution >= 4 is 23.4 Å². The lowest BCUT2D eigenvalue weighted by atomic mass is 10.1. The number of unbranched alkanes of at least 4 members (excludes halogenated alkanes) is 1. The molecule has 4 heteroatoms. The fourth-order valence-electron chi connectivity index (χ4n) is 1.62. The molecule has 0 spiro atoms. The monoisotopic (exact) mass is 253 g/mol. The molecule has 0 unspecified atom stereocenters. The summed E-state index contributed by atoms with van der Waals surface area (Å²) in [4.78, 5) is 10.8. The van der Waals surface area contributed by atoms with E-state index < -0.39 is 5.97 Å². The van der Waals surface area contributed by atoms with Crippen LogP contribution in [0.3, 0.4) is 0 Å². The van der Waals surface area contributed by atoms with Crippen LogP contribution in [0, 0.1) is 6.92 Å². The molecule has 3 nitrogen and oxygen atoms in total. The van der Waals surface area contributed by atoms with Gasteiger partial charge in [-0.3, -0.25) is 0 Å². The minimum atomic E-state index is -0.867. The molecule has 1 aromatic rings. The second-order valence-corrected chi connectivity index (χ2v) is 4.95. The molecule has 94 valence electrons. The van der Waals surface area contributed by atoms with Crippen molar-refractivity contribution in [3.63, 3.8) is 0 Å². The first-order valence-corrected chi connectivity index (χ1v) is 7.11. The highest BCUT2D eigenvalue weighted by molar-refractivity contribution is 7.98. The van der Waals surface area contributed by atoms with Gasteiger partial charge in [0.05, 0.1) is 5.56 Å². The van der Waals surface area contributed by atoms with Crippen LogP contribution in [0.2, 0.25) is 0 Å². The van der Waals surface area contributed by atoms with E-state index in [1.807, 2.05) is 30.8 Å². The third-order valence-electron chi connectivity index (χ3n) is 2.56. The van der Waals surface area contributed by atoms with Crippen LogP contribution in [-0.2, 0) is 0 Å². The Bertz CT molecular complexity index is 380.